The minimum Gasteiger partial charge on any atom is -0.389 e. The first kappa shape index (κ1) is 15.9. The Morgan fingerprint density at radius 3 is 2.56 bits per heavy atom. The van der Waals surface area contributed by atoms with Gasteiger partial charge in [-0.1, -0.05) is 6.92 Å². The molecule has 0 aliphatic heterocycles. The van der Waals surface area contributed by atoms with Crippen LogP contribution in [-0.4, -0.2) is 60.5 Å². The zero-order valence-corrected chi connectivity index (χ0v) is 12.4. The van der Waals surface area contributed by atoms with Crippen molar-refractivity contribution in [3.05, 3.63) is 0 Å². The lowest BCUT2D eigenvalue weighted by Gasteiger charge is -2.23. The lowest BCUT2D eigenvalue weighted by molar-refractivity contribution is -0.0478. The summed E-state index contributed by atoms with van der Waals surface area (Å²) in [6, 6.07) is 0.825. The van der Waals surface area contributed by atoms with Gasteiger partial charge in [-0.25, -0.2) is 0 Å². The average molecular weight is 258 g/mol. The van der Waals surface area contributed by atoms with Crippen LogP contribution in [0.4, 0.5) is 0 Å². The van der Waals surface area contributed by atoms with Gasteiger partial charge >= 0.3 is 0 Å². The van der Waals surface area contributed by atoms with E-state index in [2.05, 4.69) is 17.1 Å². The van der Waals surface area contributed by atoms with Crippen molar-refractivity contribution in [2.45, 2.75) is 58.3 Å². The topological polar surface area (TPSA) is 44.7 Å². The van der Waals surface area contributed by atoms with E-state index in [1.807, 2.05) is 20.8 Å². The van der Waals surface area contributed by atoms with Crippen molar-refractivity contribution in [1.82, 2.24) is 10.2 Å². The normalized spacial score (nSPS) is 18.3. The van der Waals surface area contributed by atoms with E-state index in [1.165, 1.54) is 12.8 Å². The SMILES string of the molecule is CCN(CCNCC(O)COC(C)(C)C)C1CC1. The van der Waals surface area contributed by atoms with Gasteiger partial charge in [0.1, 0.15) is 0 Å². The van der Waals surface area contributed by atoms with E-state index in [-0.39, 0.29) is 5.60 Å². The Morgan fingerprint density at radius 1 is 1.39 bits per heavy atom. The molecular formula is C14H30N2O2. The van der Waals surface area contributed by atoms with Gasteiger partial charge in [-0.15, -0.1) is 0 Å². The molecule has 0 aromatic heterocycles. The van der Waals surface area contributed by atoms with Gasteiger partial charge in [0.05, 0.1) is 18.3 Å². The van der Waals surface area contributed by atoms with Crippen LogP contribution >= 0.6 is 0 Å². The molecule has 0 aromatic rings. The van der Waals surface area contributed by atoms with Crippen molar-refractivity contribution < 1.29 is 9.84 Å². The summed E-state index contributed by atoms with van der Waals surface area (Å²) in [5, 5.41) is 13.1. The highest BCUT2D eigenvalue weighted by atomic mass is 16.5. The molecule has 0 amide bonds. The summed E-state index contributed by atoms with van der Waals surface area (Å²) in [4.78, 5) is 2.50. The molecule has 1 fully saturated rings. The molecule has 4 nitrogen and oxygen atoms in total. The summed E-state index contributed by atoms with van der Waals surface area (Å²) in [7, 11) is 0. The smallest absolute Gasteiger partial charge is 0.0897 e. The Hall–Kier alpha value is -0.160. The average Bonchev–Trinajstić information content (AvgIpc) is 3.09. The lowest BCUT2D eigenvalue weighted by atomic mass is 10.2. The van der Waals surface area contributed by atoms with E-state index in [4.69, 9.17) is 4.74 Å². The Kier molecular flexibility index (Phi) is 6.57. The van der Waals surface area contributed by atoms with Crippen molar-refractivity contribution in [2.24, 2.45) is 0 Å². The van der Waals surface area contributed by atoms with E-state index in [0.717, 1.165) is 25.7 Å². The molecule has 1 saturated carbocycles. The zero-order chi connectivity index (χ0) is 13.6. The molecule has 0 saturated heterocycles. The molecule has 0 bridgehead atoms. The van der Waals surface area contributed by atoms with Gasteiger partial charge in [-0.3, -0.25) is 4.90 Å². The molecule has 18 heavy (non-hydrogen) atoms. The molecule has 2 N–H and O–H groups in total. The summed E-state index contributed by atoms with van der Waals surface area (Å²) in [6.07, 6.45) is 2.30. The number of rotatable bonds is 9. The molecule has 0 heterocycles. The van der Waals surface area contributed by atoms with Gasteiger partial charge in [-0.2, -0.15) is 0 Å². The first-order chi connectivity index (χ1) is 8.42. The molecule has 108 valence electrons. The number of nitrogens with zero attached hydrogens (tertiary/aromatic N) is 1. The summed E-state index contributed by atoms with van der Waals surface area (Å²) in [6.45, 7) is 12.4. The standard InChI is InChI=1S/C14H30N2O2/c1-5-16(12-6-7-12)9-8-15-10-13(17)11-18-14(2,3)4/h12-13,15,17H,5-11H2,1-4H3. The number of hydrogen-bond donors (Lipinski definition) is 2. The molecule has 0 radical (unpaired) electrons. The molecule has 1 aliphatic rings. The third kappa shape index (κ3) is 7.31. The van der Waals surface area contributed by atoms with Gasteiger partial charge in [0, 0.05) is 25.7 Å². The Balaban J connectivity index is 1.99. The second-order valence-corrected chi connectivity index (χ2v) is 6.14. The summed E-state index contributed by atoms with van der Waals surface area (Å²) in [5.41, 5.74) is -0.175. The Morgan fingerprint density at radius 2 is 2.06 bits per heavy atom. The molecule has 4 heteroatoms. The molecule has 1 aliphatic carbocycles. The molecule has 1 rings (SSSR count). The van der Waals surface area contributed by atoms with Crippen LogP contribution in [0.5, 0.6) is 0 Å². The van der Waals surface area contributed by atoms with Gasteiger partial charge in [-0.05, 0) is 40.2 Å². The zero-order valence-electron chi connectivity index (χ0n) is 12.4. The Bertz CT molecular complexity index is 224. The highest BCUT2D eigenvalue weighted by Gasteiger charge is 2.27. The van der Waals surface area contributed by atoms with Crippen molar-refractivity contribution in [3.8, 4) is 0 Å². The predicted molar refractivity (Wildman–Crippen MR) is 74.9 cm³/mol. The van der Waals surface area contributed by atoms with E-state index in [1.54, 1.807) is 0 Å². The fraction of sp³-hybridized carbons (Fsp3) is 1.00. The van der Waals surface area contributed by atoms with Crippen molar-refractivity contribution in [3.63, 3.8) is 0 Å². The van der Waals surface area contributed by atoms with Gasteiger partial charge in [0.25, 0.3) is 0 Å². The van der Waals surface area contributed by atoms with Crippen LogP contribution in [-0.2, 0) is 4.74 Å². The van der Waals surface area contributed by atoms with Crippen molar-refractivity contribution >= 4 is 0 Å². The third-order valence-corrected chi connectivity index (χ3v) is 3.13. The Labute approximate surface area is 112 Å². The third-order valence-electron chi connectivity index (χ3n) is 3.13. The molecule has 1 atom stereocenters. The fourth-order valence-electron chi connectivity index (χ4n) is 1.94. The van der Waals surface area contributed by atoms with Crippen molar-refractivity contribution in [1.29, 1.82) is 0 Å². The number of hydrogen-bond acceptors (Lipinski definition) is 4. The van der Waals surface area contributed by atoms with Crippen LogP contribution in [0.2, 0.25) is 0 Å². The summed E-state index contributed by atoms with van der Waals surface area (Å²) < 4.78 is 5.54. The minimum atomic E-state index is -0.416. The molecule has 1 unspecified atom stereocenters. The minimum absolute atomic E-state index is 0.175. The highest BCUT2D eigenvalue weighted by molar-refractivity contribution is 4.84. The monoisotopic (exact) mass is 258 g/mol. The van der Waals surface area contributed by atoms with E-state index in [9.17, 15) is 5.11 Å². The van der Waals surface area contributed by atoms with Crippen LogP contribution in [0, 0.1) is 0 Å². The maximum Gasteiger partial charge on any atom is 0.0897 e. The van der Waals surface area contributed by atoms with E-state index >= 15 is 0 Å². The van der Waals surface area contributed by atoms with Crippen LogP contribution in [0.1, 0.15) is 40.5 Å². The summed E-state index contributed by atoms with van der Waals surface area (Å²) >= 11 is 0. The van der Waals surface area contributed by atoms with Gasteiger partial charge in [0.15, 0.2) is 0 Å². The molecule has 0 spiro atoms. The maximum absolute atomic E-state index is 9.76. The fourth-order valence-corrected chi connectivity index (χ4v) is 1.94. The van der Waals surface area contributed by atoms with Crippen molar-refractivity contribution in [2.75, 3.05) is 32.8 Å². The number of aliphatic hydroxyl groups excluding tert-OH is 1. The van der Waals surface area contributed by atoms with E-state index in [0.29, 0.717) is 13.2 Å². The molecular weight excluding hydrogens is 228 g/mol. The lowest BCUT2D eigenvalue weighted by Crippen LogP contribution is -2.38. The quantitative estimate of drug-likeness (QED) is 0.611. The van der Waals surface area contributed by atoms with Gasteiger partial charge in [0.2, 0.25) is 0 Å². The maximum atomic E-state index is 9.76. The second kappa shape index (κ2) is 7.43. The first-order valence-corrected chi connectivity index (χ1v) is 7.19. The predicted octanol–water partition coefficient (Wildman–Crippen LogP) is 1.24. The van der Waals surface area contributed by atoms with Crippen LogP contribution in [0.3, 0.4) is 0 Å². The number of likely N-dealkylation sites (N-methyl/N-ethyl adjacent to an activating group) is 1. The highest BCUT2D eigenvalue weighted by Crippen LogP contribution is 2.25. The molecule has 0 aromatic carbocycles. The summed E-state index contributed by atoms with van der Waals surface area (Å²) in [5.74, 6) is 0. The number of aliphatic hydroxyl groups is 1. The van der Waals surface area contributed by atoms with Gasteiger partial charge < -0.3 is 15.2 Å². The van der Waals surface area contributed by atoms with E-state index < -0.39 is 6.10 Å². The number of nitrogens with one attached hydrogen (secondary N) is 1. The first-order valence-electron chi connectivity index (χ1n) is 7.19. The van der Waals surface area contributed by atoms with Crippen LogP contribution in [0.25, 0.3) is 0 Å². The largest absolute Gasteiger partial charge is 0.389 e. The van der Waals surface area contributed by atoms with Crippen LogP contribution < -0.4 is 5.32 Å². The number of ether oxygens (including phenoxy) is 1. The second-order valence-electron chi connectivity index (χ2n) is 6.14. The van der Waals surface area contributed by atoms with Crippen LogP contribution in [0.15, 0.2) is 0 Å².